The van der Waals surface area contributed by atoms with E-state index < -0.39 is 12.1 Å². The number of nitrogens with zero attached hydrogens (tertiary/aromatic N) is 2. The summed E-state index contributed by atoms with van der Waals surface area (Å²) in [4.78, 5) is 33.7. The SMILES string of the molecule is C=Cc1cnc([C@@H]2CCCN2C(=O)[C@@H](NC(=O)OC)C(C)C)[nH]1. The van der Waals surface area contributed by atoms with Gasteiger partial charge in [-0.15, -0.1) is 0 Å². The number of carbonyl (C=O) groups is 2. The zero-order valence-corrected chi connectivity index (χ0v) is 13.8. The lowest BCUT2D eigenvalue weighted by Gasteiger charge is -2.29. The predicted molar refractivity (Wildman–Crippen MR) is 86.5 cm³/mol. The van der Waals surface area contributed by atoms with Crippen molar-refractivity contribution in [1.29, 1.82) is 0 Å². The maximum Gasteiger partial charge on any atom is 0.407 e. The Bertz CT molecular complexity index is 582. The summed E-state index contributed by atoms with van der Waals surface area (Å²) in [6, 6.07) is -0.714. The van der Waals surface area contributed by atoms with Crippen molar-refractivity contribution in [3.05, 3.63) is 24.3 Å². The van der Waals surface area contributed by atoms with Gasteiger partial charge >= 0.3 is 6.09 Å². The van der Waals surface area contributed by atoms with Crippen molar-refractivity contribution in [1.82, 2.24) is 20.2 Å². The van der Waals surface area contributed by atoms with Gasteiger partial charge in [0.25, 0.3) is 0 Å². The van der Waals surface area contributed by atoms with Gasteiger partial charge in [0.1, 0.15) is 11.9 Å². The van der Waals surface area contributed by atoms with Crippen LogP contribution in [0, 0.1) is 5.92 Å². The first-order valence-corrected chi connectivity index (χ1v) is 7.80. The summed E-state index contributed by atoms with van der Waals surface area (Å²) < 4.78 is 4.62. The van der Waals surface area contributed by atoms with Crippen molar-refractivity contribution in [3.8, 4) is 0 Å². The van der Waals surface area contributed by atoms with Crippen LogP contribution in [-0.2, 0) is 9.53 Å². The summed E-state index contributed by atoms with van der Waals surface area (Å²) in [5.74, 6) is 0.610. The molecule has 1 saturated heterocycles. The maximum atomic E-state index is 12.9. The highest BCUT2D eigenvalue weighted by molar-refractivity contribution is 5.86. The van der Waals surface area contributed by atoms with Crippen molar-refractivity contribution < 1.29 is 14.3 Å². The number of ether oxygens (including phenoxy) is 1. The van der Waals surface area contributed by atoms with Crippen LogP contribution in [0.5, 0.6) is 0 Å². The Balaban J connectivity index is 2.17. The van der Waals surface area contributed by atoms with Crippen LogP contribution in [0.15, 0.2) is 12.8 Å². The number of carbonyl (C=O) groups excluding carboxylic acids is 2. The molecule has 126 valence electrons. The van der Waals surface area contributed by atoms with E-state index in [0.717, 1.165) is 24.4 Å². The van der Waals surface area contributed by atoms with Gasteiger partial charge in [-0.2, -0.15) is 0 Å². The van der Waals surface area contributed by atoms with E-state index >= 15 is 0 Å². The molecular formula is C16H24N4O3. The average molecular weight is 320 g/mol. The Hall–Kier alpha value is -2.31. The van der Waals surface area contributed by atoms with Crippen molar-refractivity contribution >= 4 is 18.1 Å². The number of nitrogens with one attached hydrogen (secondary N) is 2. The molecule has 23 heavy (non-hydrogen) atoms. The number of likely N-dealkylation sites (tertiary alicyclic amines) is 1. The van der Waals surface area contributed by atoms with Crippen molar-refractivity contribution in [2.24, 2.45) is 5.92 Å². The van der Waals surface area contributed by atoms with Crippen LogP contribution < -0.4 is 5.32 Å². The third-order valence-electron chi connectivity index (χ3n) is 4.08. The summed E-state index contributed by atoms with van der Waals surface area (Å²) in [6.07, 6.45) is 4.55. The number of aromatic amines is 1. The van der Waals surface area contributed by atoms with Gasteiger partial charge in [-0.1, -0.05) is 20.4 Å². The van der Waals surface area contributed by atoms with Gasteiger partial charge in [0.05, 0.1) is 25.0 Å². The fraction of sp³-hybridized carbons (Fsp3) is 0.562. The third kappa shape index (κ3) is 3.72. The lowest BCUT2D eigenvalue weighted by atomic mass is 10.0. The third-order valence-corrected chi connectivity index (χ3v) is 4.08. The predicted octanol–water partition coefficient (Wildman–Crippen LogP) is 2.10. The average Bonchev–Trinajstić information content (AvgIpc) is 3.19. The quantitative estimate of drug-likeness (QED) is 0.869. The molecular weight excluding hydrogens is 296 g/mol. The van der Waals surface area contributed by atoms with Gasteiger partial charge in [-0.3, -0.25) is 4.79 Å². The molecule has 1 aromatic heterocycles. The minimum Gasteiger partial charge on any atom is -0.453 e. The van der Waals surface area contributed by atoms with Gasteiger partial charge in [0.15, 0.2) is 0 Å². The van der Waals surface area contributed by atoms with Gasteiger partial charge in [-0.25, -0.2) is 9.78 Å². The van der Waals surface area contributed by atoms with Crippen LogP contribution >= 0.6 is 0 Å². The molecule has 0 unspecified atom stereocenters. The van der Waals surface area contributed by atoms with Crippen LogP contribution in [0.1, 0.15) is 44.2 Å². The first-order chi connectivity index (χ1) is 11.0. The van der Waals surface area contributed by atoms with E-state index in [1.165, 1.54) is 7.11 Å². The van der Waals surface area contributed by atoms with E-state index in [1.54, 1.807) is 17.2 Å². The number of hydrogen-bond acceptors (Lipinski definition) is 4. The van der Waals surface area contributed by atoms with Crippen LogP contribution in [0.3, 0.4) is 0 Å². The summed E-state index contributed by atoms with van der Waals surface area (Å²) in [7, 11) is 1.29. The number of aromatic nitrogens is 2. The first-order valence-electron chi connectivity index (χ1n) is 7.80. The molecule has 0 radical (unpaired) electrons. The van der Waals surface area contributed by atoms with E-state index in [2.05, 4.69) is 26.6 Å². The lowest BCUT2D eigenvalue weighted by Crippen LogP contribution is -2.51. The monoisotopic (exact) mass is 320 g/mol. The number of amides is 2. The van der Waals surface area contributed by atoms with E-state index in [1.807, 2.05) is 13.8 Å². The van der Waals surface area contributed by atoms with Gasteiger partial charge in [-0.05, 0) is 24.8 Å². The fourth-order valence-corrected chi connectivity index (χ4v) is 2.82. The normalized spacial score (nSPS) is 18.8. The van der Waals surface area contributed by atoms with E-state index in [9.17, 15) is 9.59 Å². The molecule has 2 amide bonds. The van der Waals surface area contributed by atoms with Gasteiger partial charge < -0.3 is 19.9 Å². The topological polar surface area (TPSA) is 87.3 Å². The molecule has 2 N–H and O–H groups in total. The van der Waals surface area contributed by atoms with Gasteiger partial charge in [0, 0.05) is 6.54 Å². The Morgan fingerprint density at radius 3 is 2.87 bits per heavy atom. The molecule has 2 heterocycles. The number of H-pyrrole nitrogens is 1. The number of hydrogen-bond donors (Lipinski definition) is 2. The highest BCUT2D eigenvalue weighted by Gasteiger charge is 2.37. The second kappa shape index (κ2) is 7.30. The molecule has 1 aromatic rings. The highest BCUT2D eigenvalue weighted by Crippen LogP contribution is 2.31. The Morgan fingerprint density at radius 1 is 1.57 bits per heavy atom. The minimum absolute atomic E-state index is 0.0387. The molecule has 0 aliphatic carbocycles. The Kier molecular flexibility index (Phi) is 5.41. The van der Waals surface area contributed by atoms with E-state index in [0.29, 0.717) is 6.54 Å². The number of imidazole rings is 1. The molecule has 1 aliphatic rings. The first kappa shape index (κ1) is 17.1. The molecule has 1 aliphatic heterocycles. The smallest absolute Gasteiger partial charge is 0.407 e. The molecule has 2 rings (SSSR count). The second-order valence-corrected chi connectivity index (χ2v) is 5.98. The zero-order valence-electron chi connectivity index (χ0n) is 13.8. The molecule has 0 aromatic carbocycles. The van der Waals surface area contributed by atoms with Crippen molar-refractivity contribution in [2.45, 2.75) is 38.8 Å². The maximum absolute atomic E-state index is 12.9. The molecule has 7 nitrogen and oxygen atoms in total. The second-order valence-electron chi connectivity index (χ2n) is 5.98. The standard InChI is InChI=1S/C16H24N4O3/c1-5-11-9-17-14(18-11)12-7-6-8-20(12)15(21)13(10(2)3)19-16(22)23-4/h5,9-10,12-13H,1,6-8H2,2-4H3,(H,17,18)(H,19,22)/t12-,13-/m0/s1. The lowest BCUT2D eigenvalue weighted by molar-refractivity contribution is -0.135. The van der Waals surface area contributed by atoms with Crippen LogP contribution in [0.4, 0.5) is 4.79 Å². The van der Waals surface area contributed by atoms with Crippen LogP contribution in [0.2, 0.25) is 0 Å². The van der Waals surface area contributed by atoms with Crippen molar-refractivity contribution in [2.75, 3.05) is 13.7 Å². The molecule has 7 heteroatoms. The zero-order chi connectivity index (χ0) is 17.0. The molecule has 0 saturated carbocycles. The molecule has 2 atom stereocenters. The molecule has 0 bridgehead atoms. The van der Waals surface area contributed by atoms with E-state index in [4.69, 9.17) is 0 Å². The fourth-order valence-electron chi connectivity index (χ4n) is 2.82. The Morgan fingerprint density at radius 2 is 2.30 bits per heavy atom. The Labute approximate surface area is 136 Å². The van der Waals surface area contributed by atoms with Crippen LogP contribution in [-0.4, -0.2) is 46.6 Å². The van der Waals surface area contributed by atoms with Crippen molar-refractivity contribution in [3.63, 3.8) is 0 Å². The number of alkyl carbamates (subject to hydrolysis) is 1. The highest BCUT2D eigenvalue weighted by atomic mass is 16.5. The molecule has 1 fully saturated rings. The largest absolute Gasteiger partial charge is 0.453 e. The number of methoxy groups -OCH3 is 1. The van der Waals surface area contributed by atoms with E-state index in [-0.39, 0.29) is 17.9 Å². The summed E-state index contributed by atoms with van der Waals surface area (Å²) in [5, 5.41) is 2.63. The summed E-state index contributed by atoms with van der Waals surface area (Å²) in [6.45, 7) is 8.15. The van der Waals surface area contributed by atoms with Crippen LogP contribution in [0.25, 0.3) is 6.08 Å². The summed E-state index contributed by atoms with van der Waals surface area (Å²) in [5.41, 5.74) is 0.826. The summed E-state index contributed by atoms with van der Waals surface area (Å²) >= 11 is 0. The molecule has 0 spiro atoms. The number of rotatable bonds is 5. The minimum atomic E-state index is -0.614. The van der Waals surface area contributed by atoms with Gasteiger partial charge in [0.2, 0.25) is 5.91 Å².